The number of nitrogens with zero attached hydrogens (tertiary/aromatic N) is 2. The molecule has 2 aromatic carbocycles. The third kappa shape index (κ3) is 5.74. The zero-order valence-corrected chi connectivity index (χ0v) is 24.4. The number of halogens is 2. The van der Waals surface area contributed by atoms with Gasteiger partial charge >= 0.3 is 12.1 Å². The molecule has 2 aliphatic heterocycles. The molecule has 2 aliphatic rings. The average molecular weight is 576 g/mol. The van der Waals surface area contributed by atoms with Crippen LogP contribution in [0.4, 0.5) is 20.6 Å². The molecular weight excluding hydrogens is 541 g/mol. The Kier molecular flexibility index (Phi) is 8.33. The van der Waals surface area contributed by atoms with Crippen molar-refractivity contribution in [1.29, 1.82) is 0 Å². The van der Waals surface area contributed by atoms with Gasteiger partial charge in [-0.15, -0.1) is 0 Å². The molecule has 4 rings (SSSR count). The van der Waals surface area contributed by atoms with Crippen molar-refractivity contribution in [3.8, 4) is 5.75 Å². The Morgan fingerprint density at radius 1 is 1.25 bits per heavy atom. The molecule has 2 amide bonds. The highest BCUT2D eigenvalue weighted by atomic mass is 35.5. The molecule has 0 aromatic heterocycles. The zero-order chi connectivity index (χ0) is 29.4. The maximum atomic E-state index is 15.1. The summed E-state index contributed by atoms with van der Waals surface area (Å²) in [6, 6.07) is 7.33. The highest BCUT2D eigenvalue weighted by Crippen LogP contribution is 2.47. The van der Waals surface area contributed by atoms with Gasteiger partial charge in [0, 0.05) is 18.7 Å². The molecule has 0 aliphatic carbocycles. The summed E-state index contributed by atoms with van der Waals surface area (Å²) in [5.41, 5.74) is -0.636. The van der Waals surface area contributed by atoms with Crippen LogP contribution in [0.15, 0.2) is 30.3 Å². The fraction of sp³-hybridized carbons (Fsp3) is 0.483. The molecule has 9 nitrogen and oxygen atoms in total. The van der Waals surface area contributed by atoms with E-state index in [4.69, 9.17) is 25.8 Å². The van der Waals surface area contributed by atoms with Crippen LogP contribution in [0.5, 0.6) is 5.75 Å². The normalized spacial score (nSPS) is 20.9. The fourth-order valence-corrected chi connectivity index (χ4v) is 5.43. The maximum absolute atomic E-state index is 15.1. The first kappa shape index (κ1) is 29.6. The van der Waals surface area contributed by atoms with Crippen LogP contribution < -0.4 is 15.0 Å². The van der Waals surface area contributed by atoms with Gasteiger partial charge in [0.15, 0.2) is 0 Å². The van der Waals surface area contributed by atoms with Gasteiger partial charge in [-0.25, -0.2) is 14.0 Å². The van der Waals surface area contributed by atoms with E-state index in [9.17, 15) is 14.4 Å². The van der Waals surface area contributed by atoms with E-state index in [0.29, 0.717) is 30.1 Å². The van der Waals surface area contributed by atoms with E-state index in [1.165, 1.54) is 24.1 Å². The van der Waals surface area contributed by atoms with E-state index < -0.39 is 29.0 Å². The summed E-state index contributed by atoms with van der Waals surface area (Å²) in [6.07, 6.45) is 0.546. The third-order valence-corrected chi connectivity index (χ3v) is 7.48. The summed E-state index contributed by atoms with van der Waals surface area (Å²) in [7, 11) is 1.28. The molecule has 2 aromatic rings. The molecule has 216 valence electrons. The molecule has 1 N–H and O–H groups in total. The largest absolute Gasteiger partial charge is 0.489 e. The second-order valence-electron chi connectivity index (χ2n) is 11.1. The second-order valence-corrected chi connectivity index (χ2v) is 11.5. The number of piperidine rings is 1. The van der Waals surface area contributed by atoms with Crippen LogP contribution in [0.1, 0.15) is 63.4 Å². The summed E-state index contributed by atoms with van der Waals surface area (Å²) >= 11 is 6.26. The van der Waals surface area contributed by atoms with Gasteiger partial charge in [-0.1, -0.05) is 11.6 Å². The lowest BCUT2D eigenvalue weighted by Gasteiger charge is -2.42. The molecule has 11 heteroatoms. The highest BCUT2D eigenvalue weighted by molar-refractivity contribution is 6.33. The van der Waals surface area contributed by atoms with Crippen LogP contribution in [-0.4, -0.2) is 61.3 Å². The number of methoxy groups -OCH3 is 1. The van der Waals surface area contributed by atoms with Crippen molar-refractivity contribution >= 4 is 40.9 Å². The molecule has 1 saturated heterocycles. The van der Waals surface area contributed by atoms with Crippen LogP contribution in [0.25, 0.3) is 0 Å². The van der Waals surface area contributed by atoms with Gasteiger partial charge < -0.3 is 19.5 Å². The lowest BCUT2D eigenvalue weighted by molar-refractivity contribution is -0.128. The summed E-state index contributed by atoms with van der Waals surface area (Å²) in [5.74, 6) is -0.946. The molecule has 40 heavy (non-hydrogen) atoms. The summed E-state index contributed by atoms with van der Waals surface area (Å²) in [5, 5.41) is 3.12. The highest BCUT2D eigenvalue weighted by Gasteiger charge is 2.50. The topological polar surface area (TPSA) is 97.4 Å². The van der Waals surface area contributed by atoms with Crippen molar-refractivity contribution in [3.63, 3.8) is 0 Å². The standard InChI is InChI=1S/C29H35ClFN3O6/c1-7-34(27(37)40-28(2,3)4)23-14-17(31)13-21-24(23)32-26(36)29(21,5)33-12-8-9-19(16-33)39-18-10-11-20(22(30)15-18)25(35)38-6/h10-11,13-15,19H,7-9,12,16H2,1-6H3,(H,32,36)/t19-,29?/m1/s1. The molecule has 0 saturated carbocycles. The number of carbonyl (C=O) groups is 3. The first-order valence-electron chi connectivity index (χ1n) is 13.2. The Bertz CT molecular complexity index is 1330. The number of hydrogen-bond donors (Lipinski definition) is 1. The number of benzene rings is 2. The van der Waals surface area contributed by atoms with Crippen LogP contribution in [-0.2, 0) is 19.8 Å². The number of ether oxygens (including phenoxy) is 3. The molecular formula is C29H35ClFN3O6. The van der Waals surface area contributed by atoms with Gasteiger partial charge in [-0.05, 0) is 84.3 Å². The molecule has 2 heterocycles. The van der Waals surface area contributed by atoms with E-state index >= 15 is 4.39 Å². The van der Waals surface area contributed by atoms with Gasteiger partial charge in [0.25, 0.3) is 0 Å². The molecule has 0 spiro atoms. The summed E-state index contributed by atoms with van der Waals surface area (Å²) in [4.78, 5) is 41.7. The number of nitrogens with one attached hydrogen (secondary N) is 1. The Labute approximate surface area is 238 Å². The van der Waals surface area contributed by atoms with Crippen LogP contribution >= 0.6 is 11.6 Å². The Morgan fingerprint density at radius 2 is 1.98 bits per heavy atom. The van der Waals surface area contributed by atoms with Crippen molar-refractivity contribution in [2.24, 2.45) is 0 Å². The minimum absolute atomic E-state index is 0.210. The number of rotatable bonds is 6. The van der Waals surface area contributed by atoms with E-state index in [0.717, 1.165) is 12.8 Å². The van der Waals surface area contributed by atoms with Gasteiger partial charge in [0.2, 0.25) is 5.91 Å². The number of anilines is 2. The molecule has 0 radical (unpaired) electrons. The minimum Gasteiger partial charge on any atom is -0.489 e. The van der Waals surface area contributed by atoms with Gasteiger partial charge in [0.05, 0.1) is 29.1 Å². The summed E-state index contributed by atoms with van der Waals surface area (Å²) < 4.78 is 31.5. The summed E-state index contributed by atoms with van der Waals surface area (Å²) in [6.45, 7) is 9.96. The number of carbonyl (C=O) groups excluding carboxylic acids is 3. The van der Waals surface area contributed by atoms with Crippen LogP contribution in [0, 0.1) is 5.82 Å². The van der Waals surface area contributed by atoms with E-state index in [1.807, 2.05) is 4.90 Å². The van der Waals surface area contributed by atoms with Crippen molar-refractivity contribution in [2.45, 2.75) is 64.7 Å². The third-order valence-electron chi connectivity index (χ3n) is 7.17. The first-order chi connectivity index (χ1) is 18.8. The number of likely N-dealkylation sites (tertiary alicyclic amines) is 1. The minimum atomic E-state index is -1.20. The quantitative estimate of drug-likeness (QED) is 0.439. The van der Waals surface area contributed by atoms with Gasteiger partial charge in [-0.3, -0.25) is 14.6 Å². The predicted molar refractivity (Wildman–Crippen MR) is 150 cm³/mol. The smallest absolute Gasteiger partial charge is 0.414 e. The van der Waals surface area contributed by atoms with Crippen LogP contribution in [0.2, 0.25) is 5.02 Å². The van der Waals surface area contributed by atoms with Crippen molar-refractivity contribution in [2.75, 3.05) is 37.0 Å². The monoisotopic (exact) mass is 575 g/mol. The molecule has 1 fully saturated rings. The van der Waals surface area contributed by atoms with E-state index in [1.54, 1.807) is 52.8 Å². The van der Waals surface area contributed by atoms with Crippen LogP contribution in [0.3, 0.4) is 0 Å². The number of amides is 2. The molecule has 1 unspecified atom stereocenters. The zero-order valence-electron chi connectivity index (χ0n) is 23.6. The Balaban J connectivity index is 1.61. The van der Waals surface area contributed by atoms with E-state index in [2.05, 4.69) is 5.32 Å². The number of esters is 1. The van der Waals surface area contributed by atoms with Gasteiger partial charge in [0.1, 0.15) is 28.8 Å². The van der Waals surface area contributed by atoms with Crippen molar-refractivity contribution in [3.05, 3.63) is 52.3 Å². The van der Waals surface area contributed by atoms with Crippen molar-refractivity contribution in [1.82, 2.24) is 4.90 Å². The van der Waals surface area contributed by atoms with Gasteiger partial charge in [-0.2, -0.15) is 0 Å². The number of fused-ring (bicyclic) bond motifs is 1. The Hall–Kier alpha value is -3.37. The Morgan fingerprint density at radius 3 is 2.60 bits per heavy atom. The lowest BCUT2D eigenvalue weighted by Crippen LogP contribution is -2.54. The average Bonchev–Trinajstić information content (AvgIpc) is 3.14. The second kappa shape index (κ2) is 11.2. The molecule has 2 atom stereocenters. The number of hydrogen-bond acceptors (Lipinski definition) is 7. The molecule has 0 bridgehead atoms. The fourth-order valence-electron chi connectivity index (χ4n) is 5.18. The first-order valence-corrected chi connectivity index (χ1v) is 13.6. The predicted octanol–water partition coefficient (Wildman–Crippen LogP) is 5.74. The lowest BCUT2D eigenvalue weighted by atomic mass is 9.88. The van der Waals surface area contributed by atoms with E-state index in [-0.39, 0.29) is 34.8 Å². The maximum Gasteiger partial charge on any atom is 0.414 e. The SMILES string of the molecule is CCN(C(=O)OC(C)(C)C)c1cc(F)cc2c1NC(=O)C2(C)N1CCC[C@@H](Oc2ccc(C(=O)OC)c(Cl)c2)C1. The van der Waals surface area contributed by atoms with Crippen molar-refractivity contribution < 1.29 is 33.0 Å².